The largest absolute Gasteiger partial charge is 0.488 e. The molecular weight excluding hydrogens is 220 g/mol. The van der Waals surface area contributed by atoms with Gasteiger partial charge in [-0.25, -0.2) is 0 Å². The van der Waals surface area contributed by atoms with E-state index in [0.29, 0.717) is 5.92 Å². The summed E-state index contributed by atoms with van der Waals surface area (Å²) in [4.78, 5) is 0. The maximum atomic E-state index is 5.96. The van der Waals surface area contributed by atoms with Gasteiger partial charge in [0.25, 0.3) is 0 Å². The van der Waals surface area contributed by atoms with E-state index in [1.165, 1.54) is 11.1 Å². The molecule has 1 rings (SSSR count). The standard InChI is InChI=1S/C17H28O/c1-12(2)14-11-13(18-17(6,7)8)9-10-15(14)16(3,4)5/h9-12H,1-8H3. The molecule has 0 amide bonds. The van der Waals surface area contributed by atoms with Crippen LogP contribution in [-0.2, 0) is 5.41 Å². The van der Waals surface area contributed by atoms with Crippen LogP contribution < -0.4 is 4.74 Å². The van der Waals surface area contributed by atoms with Crippen molar-refractivity contribution in [1.82, 2.24) is 0 Å². The molecular formula is C17H28O. The smallest absolute Gasteiger partial charge is 0.120 e. The molecule has 0 aliphatic heterocycles. The van der Waals surface area contributed by atoms with E-state index in [-0.39, 0.29) is 11.0 Å². The molecule has 0 aliphatic rings. The average molecular weight is 248 g/mol. The lowest BCUT2D eigenvalue weighted by Gasteiger charge is -2.27. The van der Waals surface area contributed by atoms with Gasteiger partial charge in [0.15, 0.2) is 0 Å². The number of hydrogen-bond acceptors (Lipinski definition) is 1. The van der Waals surface area contributed by atoms with E-state index in [1.807, 2.05) is 0 Å². The van der Waals surface area contributed by atoms with Crippen LogP contribution in [0, 0.1) is 0 Å². The van der Waals surface area contributed by atoms with E-state index in [1.54, 1.807) is 0 Å². The van der Waals surface area contributed by atoms with Crippen LogP contribution in [0.3, 0.4) is 0 Å². The molecule has 1 nitrogen and oxygen atoms in total. The zero-order valence-corrected chi connectivity index (χ0v) is 13.2. The molecule has 102 valence electrons. The predicted octanol–water partition coefficient (Wildman–Crippen LogP) is 5.28. The third-order valence-corrected chi connectivity index (χ3v) is 2.88. The number of rotatable bonds is 2. The second-order valence-corrected chi connectivity index (χ2v) is 7.37. The molecule has 1 aromatic rings. The van der Waals surface area contributed by atoms with Crippen molar-refractivity contribution in [2.75, 3.05) is 0 Å². The average Bonchev–Trinajstić information content (AvgIpc) is 2.12. The normalized spacial score (nSPS) is 12.9. The van der Waals surface area contributed by atoms with Crippen molar-refractivity contribution < 1.29 is 4.74 Å². The molecule has 0 unspecified atom stereocenters. The van der Waals surface area contributed by atoms with Crippen LogP contribution in [0.5, 0.6) is 5.75 Å². The molecule has 0 fully saturated rings. The molecule has 0 saturated heterocycles. The lowest BCUT2D eigenvalue weighted by molar-refractivity contribution is 0.130. The summed E-state index contributed by atoms with van der Waals surface area (Å²) in [6.45, 7) is 17.5. The summed E-state index contributed by atoms with van der Waals surface area (Å²) in [5.41, 5.74) is 2.85. The molecule has 0 saturated carbocycles. The minimum atomic E-state index is -0.141. The first kappa shape index (κ1) is 15.1. The maximum Gasteiger partial charge on any atom is 0.120 e. The summed E-state index contributed by atoms with van der Waals surface area (Å²) in [5.74, 6) is 1.49. The Morgan fingerprint density at radius 3 is 1.89 bits per heavy atom. The first-order valence-electron chi connectivity index (χ1n) is 6.84. The van der Waals surface area contributed by atoms with Gasteiger partial charge in [0.2, 0.25) is 0 Å². The van der Waals surface area contributed by atoms with Crippen LogP contribution in [0.2, 0.25) is 0 Å². The van der Waals surface area contributed by atoms with Crippen molar-refractivity contribution in [2.24, 2.45) is 0 Å². The zero-order chi connectivity index (χ0) is 14.1. The van der Waals surface area contributed by atoms with Gasteiger partial charge >= 0.3 is 0 Å². The first-order chi connectivity index (χ1) is 8.00. The minimum absolute atomic E-state index is 0.141. The van der Waals surface area contributed by atoms with Crippen LogP contribution in [0.1, 0.15) is 72.4 Å². The van der Waals surface area contributed by atoms with E-state index >= 15 is 0 Å². The van der Waals surface area contributed by atoms with E-state index in [4.69, 9.17) is 4.74 Å². The lowest BCUT2D eigenvalue weighted by atomic mass is 9.80. The highest BCUT2D eigenvalue weighted by Gasteiger charge is 2.21. The Balaban J connectivity index is 3.20. The minimum Gasteiger partial charge on any atom is -0.488 e. The molecule has 0 heterocycles. The highest BCUT2D eigenvalue weighted by atomic mass is 16.5. The highest BCUT2D eigenvalue weighted by Crippen LogP contribution is 2.33. The Morgan fingerprint density at radius 2 is 1.50 bits per heavy atom. The third-order valence-electron chi connectivity index (χ3n) is 2.88. The Kier molecular flexibility index (Phi) is 4.15. The van der Waals surface area contributed by atoms with Crippen molar-refractivity contribution in [3.63, 3.8) is 0 Å². The van der Waals surface area contributed by atoms with Gasteiger partial charge in [-0.2, -0.15) is 0 Å². The fourth-order valence-electron chi connectivity index (χ4n) is 2.12. The summed E-state index contributed by atoms with van der Waals surface area (Å²) in [5, 5.41) is 0. The Bertz CT molecular complexity index is 403. The summed E-state index contributed by atoms with van der Waals surface area (Å²) >= 11 is 0. The fourth-order valence-corrected chi connectivity index (χ4v) is 2.12. The number of ether oxygens (including phenoxy) is 1. The van der Waals surface area contributed by atoms with E-state index in [0.717, 1.165) is 5.75 Å². The fraction of sp³-hybridized carbons (Fsp3) is 0.647. The van der Waals surface area contributed by atoms with Crippen LogP contribution in [0.25, 0.3) is 0 Å². The van der Waals surface area contributed by atoms with Gasteiger partial charge in [-0.3, -0.25) is 0 Å². The van der Waals surface area contributed by atoms with Crippen LogP contribution in [-0.4, -0.2) is 5.60 Å². The Labute approximate surface area is 113 Å². The van der Waals surface area contributed by atoms with Crippen LogP contribution >= 0.6 is 0 Å². The van der Waals surface area contributed by atoms with Crippen molar-refractivity contribution in [3.8, 4) is 5.75 Å². The van der Waals surface area contributed by atoms with Gasteiger partial charge in [-0.05, 0) is 55.4 Å². The second kappa shape index (κ2) is 4.95. The van der Waals surface area contributed by atoms with Gasteiger partial charge in [0.1, 0.15) is 11.4 Å². The molecule has 0 bridgehead atoms. The zero-order valence-electron chi connectivity index (χ0n) is 13.2. The van der Waals surface area contributed by atoms with Crippen molar-refractivity contribution in [3.05, 3.63) is 29.3 Å². The van der Waals surface area contributed by atoms with E-state index in [2.05, 4.69) is 73.6 Å². The topological polar surface area (TPSA) is 9.23 Å². The van der Waals surface area contributed by atoms with Crippen molar-refractivity contribution in [2.45, 2.75) is 72.3 Å². The summed E-state index contributed by atoms with van der Waals surface area (Å²) in [6, 6.07) is 6.52. The van der Waals surface area contributed by atoms with Crippen LogP contribution in [0.4, 0.5) is 0 Å². The highest BCUT2D eigenvalue weighted by molar-refractivity contribution is 5.41. The van der Waals surface area contributed by atoms with Gasteiger partial charge in [-0.15, -0.1) is 0 Å². The van der Waals surface area contributed by atoms with Gasteiger partial charge in [0, 0.05) is 0 Å². The predicted molar refractivity (Wildman–Crippen MR) is 79.6 cm³/mol. The molecule has 0 aliphatic carbocycles. The molecule has 0 N–H and O–H groups in total. The molecule has 0 aromatic heterocycles. The number of benzene rings is 1. The molecule has 18 heavy (non-hydrogen) atoms. The first-order valence-corrected chi connectivity index (χ1v) is 6.84. The van der Waals surface area contributed by atoms with Gasteiger partial charge in [-0.1, -0.05) is 40.7 Å². The quantitative estimate of drug-likeness (QED) is 0.691. The summed E-state index contributed by atoms with van der Waals surface area (Å²) in [7, 11) is 0. The van der Waals surface area contributed by atoms with E-state index < -0.39 is 0 Å². The SMILES string of the molecule is CC(C)c1cc(OC(C)(C)C)ccc1C(C)(C)C. The van der Waals surface area contributed by atoms with Gasteiger partial charge in [0.05, 0.1) is 0 Å². The molecule has 1 heteroatoms. The lowest BCUT2D eigenvalue weighted by Crippen LogP contribution is -2.23. The Morgan fingerprint density at radius 1 is 0.944 bits per heavy atom. The second-order valence-electron chi connectivity index (χ2n) is 7.37. The third kappa shape index (κ3) is 4.04. The molecule has 1 aromatic carbocycles. The van der Waals surface area contributed by atoms with Gasteiger partial charge < -0.3 is 4.74 Å². The number of hydrogen-bond donors (Lipinski definition) is 0. The molecule has 0 radical (unpaired) electrons. The Hall–Kier alpha value is -0.980. The van der Waals surface area contributed by atoms with E-state index in [9.17, 15) is 0 Å². The maximum absolute atomic E-state index is 5.96. The summed E-state index contributed by atoms with van der Waals surface area (Å²) in [6.07, 6.45) is 0. The molecule has 0 spiro atoms. The van der Waals surface area contributed by atoms with Crippen molar-refractivity contribution in [1.29, 1.82) is 0 Å². The van der Waals surface area contributed by atoms with Crippen LogP contribution in [0.15, 0.2) is 18.2 Å². The monoisotopic (exact) mass is 248 g/mol. The molecule has 0 atom stereocenters. The van der Waals surface area contributed by atoms with Crippen molar-refractivity contribution >= 4 is 0 Å². The summed E-state index contributed by atoms with van der Waals surface area (Å²) < 4.78 is 5.96.